The van der Waals surface area contributed by atoms with Gasteiger partial charge in [0, 0.05) is 21.3 Å². The van der Waals surface area contributed by atoms with Crippen LogP contribution in [0.4, 0.5) is 0 Å². The van der Waals surface area contributed by atoms with Crippen LogP contribution in [0, 0.1) is 0 Å². The standard InChI is InChI=1S/C13H10BrNO2.C6H4BrNO2.3ClH.Fe/c14-11-6-13(12(8-16)15-7-11)17-9-10-4-2-1-3-5-10;7-4-1-6(10)5(3-9)8-2-4;;;;/h1-8H,9H2;1-3,10H;3*1H;/q;;;;;+3/p-3. The van der Waals surface area contributed by atoms with E-state index in [1.54, 1.807) is 12.3 Å². The molecule has 2 aromatic heterocycles. The van der Waals surface area contributed by atoms with Crippen LogP contribution >= 0.6 is 62.2 Å². The molecule has 0 spiro atoms. The molecule has 12 heteroatoms. The third-order valence-electron chi connectivity index (χ3n) is 3.17. The van der Waals surface area contributed by atoms with E-state index in [2.05, 4.69) is 41.8 Å². The molecule has 1 aromatic carbocycles. The van der Waals surface area contributed by atoms with Gasteiger partial charge in [0.05, 0.1) is 0 Å². The molecule has 31 heavy (non-hydrogen) atoms. The number of pyridine rings is 2. The van der Waals surface area contributed by atoms with Crippen molar-refractivity contribution in [3.63, 3.8) is 0 Å². The first-order chi connectivity index (χ1) is 14.8. The molecule has 0 unspecified atom stereocenters. The Labute approximate surface area is 212 Å². The van der Waals surface area contributed by atoms with E-state index in [0.29, 0.717) is 35.1 Å². The molecule has 0 bridgehead atoms. The van der Waals surface area contributed by atoms with E-state index in [1.165, 1.54) is 12.3 Å². The van der Waals surface area contributed by atoms with Gasteiger partial charge in [-0.3, -0.25) is 9.59 Å². The zero-order valence-electron chi connectivity index (χ0n) is 15.4. The average molecular weight is 656 g/mol. The van der Waals surface area contributed by atoms with Crippen molar-refractivity contribution in [2.75, 3.05) is 0 Å². The third kappa shape index (κ3) is 11.8. The van der Waals surface area contributed by atoms with Gasteiger partial charge in [0.25, 0.3) is 0 Å². The number of hydrogen-bond acceptors (Lipinski definition) is 6. The van der Waals surface area contributed by atoms with Crippen LogP contribution in [0.1, 0.15) is 26.5 Å². The van der Waals surface area contributed by atoms with Crippen LogP contribution in [0.25, 0.3) is 0 Å². The molecule has 0 aliphatic heterocycles. The van der Waals surface area contributed by atoms with Crippen LogP contribution in [0.5, 0.6) is 11.5 Å². The second kappa shape index (κ2) is 15.6. The van der Waals surface area contributed by atoms with Gasteiger partial charge >= 0.3 is 41.5 Å². The van der Waals surface area contributed by atoms with Gasteiger partial charge in [0.2, 0.25) is 0 Å². The summed E-state index contributed by atoms with van der Waals surface area (Å²) in [4.78, 5) is 28.5. The predicted octanol–water partition coefficient (Wildman–Crippen LogP) is 6.66. The molecule has 3 aromatic rings. The van der Waals surface area contributed by atoms with Gasteiger partial charge in [0.15, 0.2) is 12.6 Å². The van der Waals surface area contributed by atoms with Crippen molar-refractivity contribution in [3.8, 4) is 11.5 Å². The van der Waals surface area contributed by atoms with Gasteiger partial charge in [-0.25, -0.2) is 9.97 Å². The Hall–Kier alpha value is -1.19. The van der Waals surface area contributed by atoms with Gasteiger partial charge in [-0.15, -0.1) is 0 Å². The molecule has 0 fully saturated rings. The summed E-state index contributed by atoms with van der Waals surface area (Å²) >= 11 is 5.05. The minimum atomic E-state index is -1.33. The van der Waals surface area contributed by atoms with E-state index in [1.807, 2.05) is 30.3 Å². The Morgan fingerprint density at radius 2 is 1.45 bits per heavy atom. The second-order valence-corrected chi connectivity index (χ2v) is 12.6. The summed E-state index contributed by atoms with van der Waals surface area (Å²) in [5, 5.41) is 8.97. The molecule has 2 heterocycles. The molecule has 0 saturated heterocycles. The Kier molecular flexibility index (Phi) is 14.0. The van der Waals surface area contributed by atoms with E-state index in [-0.39, 0.29) is 11.4 Å². The van der Waals surface area contributed by atoms with Crippen molar-refractivity contribution in [1.82, 2.24) is 9.97 Å². The summed E-state index contributed by atoms with van der Waals surface area (Å²) in [5.74, 6) is 0.377. The van der Waals surface area contributed by atoms with Crippen molar-refractivity contribution in [3.05, 3.63) is 80.8 Å². The number of aromatic hydroxyl groups is 1. The quantitative estimate of drug-likeness (QED) is 0.244. The fourth-order valence-corrected chi connectivity index (χ4v) is 2.53. The van der Waals surface area contributed by atoms with Crippen molar-refractivity contribution in [1.29, 1.82) is 0 Å². The third-order valence-corrected chi connectivity index (χ3v) is 4.04. The number of rotatable bonds is 5. The van der Waals surface area contributed by atoms with Gasteiger partial charge in [-0.1, -0.05) is 30.3 Å². The van der Waals surface area contributed by atoms with E-state index in [4.69, 9.17) is 40.1 Å². The van der Waals surface area contributed by atoms with E-state index in [9.17, 15) is 9.59 Å². The molecule has 0 aliphatic carbocycles. The maximum atomic E-state index is 10.8. The van der Waals surface area contributed by atoms with Gasteiger partial charge in [0.1, 0.15) is 29.5 Å². The number of nitrogens with zero attached hydrogens (tertiary/aromatic N) is 2. The summed E-state index contributed by atoms with van der Waals surface area (Å²) < 4.78 is 7.00. The van der Waals surface area contributed by atoms with Crippen LogP contribution in [0.2, 0.25) is 0 Å². The molecular formula is C19H14Br2Cl3FeN2O4. The zero-order chi connectivity index (χ0) is 23.2. The second-order valence-electron chi connectivity index (χ2n) is 5.26. The van der Waals surface area contributed by atoms with Crippen LogP contribution < -0.4 is 4.74 Å². The minimum absolute atomic E-state index is 0.0585. The molecule has 0 aliphatic rings. The first-order valence-corrected chi connectivity index (χ1v) is 14.1. The number of carbonyl (C=O) groups is 2. The van der Waals surface area contributed by atoms with Crippen LogP contribution in [-0.4, -0.2) is 27.6 Å². The summed E-state index contributed by atoms with van der Waals surface area (Å²) in [6.45, 7) is 0.416. The van der Waals surface area contributed by atoms with Crippen molar-refractivity contribution in [2.24, 2.45) is 0 Å². The fourth-order valence-electron chi connectivity index (χ4n) is 1.90. The predicted molar refractivity (Wildman–Crippen MR) is 125 cm³/mol. The van der Waals surface area contributed by atoms with Gasteiger partial charge < -0.3 is 9.84 Å². The monoisotopic (exact) mass is 653 g/mol. The molecule has 167 valence electrons. The Morgan fingerprint density at radius 1 is 0.935 bits per heavy atom. The van der Waals surface area contributed by atoms with Crippen molar-refractivity contribution < 1.29 is 30.6 Å². The van der Waals surface area contributed by atoms with E-state index < -0.39 is 11.2 Å². The summed E-state index contributed by atoms with van der Waals surface area (Å²) in [7, 11) is 14.7. The summed E-state index contributed by atoms with van der Waals surface area (Å²) in [6.07, 6.45) is 4.21. The van der Waals surface area contributed by atoms with Crippen molar-refractivity contribution >= 4 is 74.7 Å². The van der Waals surface area contributed by atoms with E-state index >= 15 is 0 Å². The number of aromatic nitrogens is 2. The molecule has 3 rings (SSSR count). The summed E-state index contributed by atoms with van der Waals surface area (Å²) in [6, 6.07) is 12.9. The van der Waals surface area contributed by atoms with Gasteiger partial charge in [-0.2, -0.15) is 0 Å². The summed E-state index contributed by atoms with van der Waals surface area (Å²) in [5.41, 5.74) is 1.41. The van der Waals surface area contributed by atoms with Gasteiger partial charge in [-0.05, 0) is 49.6 Å². The molecule has 6 nitrogen and oxygen atoms in total. The first-order valence-electron chi connectivity index (χ1n) is 8.00. The first kappa shape index (κ1) is 27.8. The number of aldehydes is 2. The molecule has 0 saturated carbocycles. The Morgan fingerprint density at radius 3 is 1.97 bits per heavy atom. The maximum absolute atomic E-state index is 10.8. The molecule has 0 radical (unpaired) electrons. The fraction of sp³-hybridized carbons (Fsp3) is 0.0526. The molecule has 0 amide bonds. The number of benzene rings is 1. The van der Waals surface area contributed by atoms with Crippen LogP contribution in [0.3, 0.4) is 0 Å². The topological polar surface area (TPSA) is 89.4 Å². The molecule has 0 atom stereocenters. The zero-order valence-corrected chi connectivity index (χ0v) is 21.9. The van der Waals surface area contributed by atoms with E-state index in [0.717, 1.165) is 10.0 Å². The Balaban J connectivity index is 0.000000290. The normalized spacial score (nSPS) is 9.90. The number of hydrogen-bond donors (Lipinski definition) is 1. The van der Waals surface area contributed by atoms with Crippen LogP contribution in [-0.2, 0) is 17.8 Å². The average Bonchev–Trinajstić information content (AvgIpc) is 2.73. The SMILES string of the molecule is O=Cc1ncc(Br)cc1O.O=Cc1ncc(Br)cc1OCc1ccccc1.[Cl][Fe]([Cl])[Cl]. The van der Waals surface area contributed by atoms with Crippen LogP contribution in [0.15, 0.2) is 63.8 Å². The number of halogens is 5. The molecular weight excluding hydrogens is 642 g/mol. The van der Waals surface area contributed by atoms with Crippen molar-refractivity contribution in [2.45, 2.75) is 6.61 Å². The Bertz CT molecular complexity index is 983. The molecule has 1 N–H and O–H groups in total. The number of carbonyl (C=O) groups excluding carboxylic acids is 2. The number of ether oxygens (including phenoxy) is 1.